The number of benzene rings is 2. The average molecular weight is 347 g/mol. The molecule has 4 nitrogen and oxygen atoms in total. The summed E-state index contributed by atoms with van der Waals surface area (Å²) >= 11 is 0. The molecule has 26 heavy (non-hydrogen) atoms. The molecule has 2 aromatic rings. The predicted molar refractivity (Wildman–Crippen MR) is 107 cm³/mol. The molecule has 3 atom stereocenters. The van der Waals surface area contributed by atoms with E-state index in [2.05, 4.69) is 35.2 Å². The molecule has 0 bridgehead atoms. The molecule has 4 heteroatoms. The van der Waals surface area contributed by atoms with Crippen molar-refractivity contribution in [3.05, 3.63) is 65.4 Å². The van der Waals surface area contributed by atoms with Crippen LogP contribution in [-0.2, 0) is 6.42 Å². The molecule has 1 saturated carbocycles. The SMILES string of the molecule is [O-][N+]12CC3CCCCC3N=C1N(CCc1ccccc1)c1ccccc12. The lowest BCUT2D eigenvalue weighted by molar-refractivity contribution is 0.251. The second-order valence-corrected chi connectivity index (χ2v) is 7.84. The first-order valence-electron chi connectivity index (χ1n) is 9.84. The first-order valence-corrected chi connectivity index (χ1v) is 9.84. The molecule has 3 aliphatic rings. The second-order valence-electron chi connectivity index (χ2n) is 7.84. The van der Waals surface area contributed by atoms with Gasteiger partial charge in [0.15, 0.2) is 5.69 Å². The maximum atomic E-state index is 13.9. The molecular formula is C22H25N3O. The predicted octanol–water partition coefficient (Wildman–Crippen LogP) is 4.48. The van der Waals surface area contributed by atoms with Gasteiger partial charge in [0.2, 0.25) is 0 Å². The molecule has 0 amide bonds. The summed E-state index contributed by atoms with van der Waals surface area (Å²) in [7, 11) is 0. The zero-order chi connectivity index (χ0) is 17.6. The Kier molecular flexibility index (Phi) is 3.84. The molecule has 134 valence electrons. The lowest BCUT2D eigenvalue weighted by atomic mass is 9.83. The molecule has 0 saturated heterocycles. The number of quaternary nitrogens is 1. The number of hydrogen-bond acceptors (Lipinski definition) is 3. The van der Waals surface area contributed by atoms with Gasteiger partial charge in [-0.1, -0.05) is 55.3 Å². The highest BCUT2D eigenvalue weighted by Crippen LogP contribution is 2.46. The fourth-order valence-electron chi connectivity index (χ4n) is 4.91. The van der Waals surface area contributed by atoms with E-state index in [-0.39, 0.29) is 4.65 Å². The highest BCUT2D eigenvalue weighted by Gasteiger charge is 2.49. The topological polar surface area (TPSA) is 38.7 Å². The number of aliphatic imine (C=N–C) groups is 1. The number of nitrogens with zero attached hydrogens (tertiary/aromatic N) is 3. The number of hydroxylamine groups is 2. The zero-order valence-electron chi connectivity index (χ0n) is 15.1. The summed E-state index contributed by atoms with van der Waals surface area (Å²) in [6.45, 7) is 1.46. The van der Waals surface area contributed by atoms with E-state index in [1.807, 2.05) is 24.3 Å². The summed E-state index contributed by atoms with van der Waals surface area (Å²) in [6.07, 6.45) is 5.69. The van der Waals surface area contributed by atoms with Crippen LogP contribution in [0.15, 0.2) is 59.6 Å². The van der Waals surface area contributed by atoms with Gasteiger partial charge in [0.25, 0.3) is 0 Å². The molecule has 2 aliphatic heterocycles. The van der Waals surface area contributed by atoms with E-state index < -0.39 is 0 Å². The van der Waals surface area contributed by atoms with Crippen LogP contribution in [0.2, 0.25) is 0 Å². The maximum Gasteiger partial charge on any atom is 0.310 e. The van der Waals surface area contributed by atoms with Crippen LogP contribution in [0.25, 0.3) is 0 Å². The third kappa shape index (κ3) is 2.48. The number of rotatable bonds is 3. The van der Waals surface area contributed by atoms with Crippen LogP contribution in [-0.4, -0.2) is 25.1 Å². The van der Waals surface area contributed by atoms with Crippen LogP contribution >= 0.6 is 0 Å². The van der Waals surface area contributed by atoms with Crippen LogP contribution in [0, 0.1) is 11.1 Å². The molecule has 2 aromatic carbocycles. The lowest BCUT2D eigenvalue weighted by Gasteiger charge is -2.46. The van der Waals surface area contributed by atoms with Crippen LogP contribution in [0.1, 0.15) is 31.2 Å². The summed E-state index contributed by atoms with van der Waals surface area (Å²) in [5.74, 6) is 1.16. The third-order valence-electron chi connectivity index (χ3n) is 6.23. The van der Waals surface area contributed by atoms with Gasteiger partial charge in [0.05, 0.1) is 12.6 Å². The van der Waals surface area contributed by atoms with E-state index in [1.165, 1.54) is 18.4 Å². The van der Waals surface area contributed by atoms with Crippen molar-refractivity contribution in [2.75, 3.05) is 18.0 Å². The molecule has 1 aliphatic carbocycles. The average Bonchev–Trinajstić information content (AvgIpc) is 2.93. The zero-order valence-corrected chi connectivity index (χ0v) is 15.1. The molecule has 0 N–H and O–H groups in total. The van der Waals surface area contributed by atoms with Crippen LogP contribution < -0.4 is 9.55 Å². The number of anilines is 1. The second kappa shape index (κ2) is 6.22. The standard InChI is InChI=1S/C22H25N3O/c26-25-16-18-10-4-5-11-19(18)23-22(25)24(20-12-6-7-13-21(20)25)15-14-17-8-2-1-3-9-17/h1-3,6-9,12-13,18-19H,4-5,10-11,14-16H2. The van der Waals surface area contributed by atoms with Gasteiger partial charge in [-0.25, -0.2) is 4.99 Å². The van der Waals surface area contributed by atoms with E-state index in [4.69, 9.17) is 4.99 Å². The van der Waals surface area contributed by atoms with Crippen LogP contribution in [0.3, 0.4) is 0 Å². The fourth-order valence-corrected chi connectivity index (χ4v) is 4.91. The summed E-state index contributed by atoms with van der Waals surface area (Å²) in [4.78, 5) is 7.24. The van der Waals surface area contributed by atoms with Gasteiger partial charge in [-0.05, 0) is 30.9 Å². The van der Waals surface area contributed by atoms with Crippen molar-refractivity contribution in [3.8, 4) is 0 Å². The molecule has 2 heterocycles. The minimum Gasteiger partial charge on any atom is -0.619 e. The Bertz CT molecular complexity index is 834. The Balaban J connectivity index is 1.52. The minimum absolute atomic E-state index is 0.340. The highest BCUT2D eigenvalue weighted by molar-refractivity contribution is 6.13. The minimum atomic E-state index is -0.355. The van der Waals surface area contributed by atoms with Gasteiger partial charge in [0.1, 0.15) is 5.69 Å². The van der Waals surface area contributed by atoms with E-state index in [0.717, 1.165) is 43.1 Å². The Morgan fingerprint density at radius 1 is 1.00 bits per heavy atom. The van der Waals surface area contributed by atoms with Gasteiger partial charge in [-0.15, -0.1) is 0 Å². The normalized spacial score (nSPS) is 29.6. The van der Waals surface area contributed by atoms with Crippen molar-refractivity contribution in [3.63, 3.8) is 0 Å². The Labute approximate surface area is 154 Å². The summed E-state index contributed by atoms with van der Waals surface area (Å²) < 4.78 is -0.355. The van der Waals surface area contributed by atoms with Crippen LogP contribution in [0.4, 0.5) is 11.4 Å². The monoisotopic (exact) mass is 347 g/mol. The Hall–Kier alpha value is -2.17. The van der Waals surface area contributed by atoms with E-state index in [9.17, 15) is 5.21 Å². The van der Waals surface area contributed by atoms with Crippen LogP contribution in [0.5, 0.6) is 0 Å². The summed E-state index contributed by atoms with van der Waals surface area (Å²) in [5.41, 5.74) is 3.23. The Morgan fingerprint density at radius 2 is 1.77 bits per heavy atom. The molecular weight excluding hydrogens is 322 g/mol. The molecule has 0 radical (unpaired) electrons. The number of guanidine groups is 1. The van der Waals surface area contributed by atoms with Gasteiger partial charge < -0.3 is 5.21 Å². The van der Waals surface area contributed by atoms with E-state index in [0.29, 0.717) is 18.5 Å². The van der Waals surface area contributed by atoms with E-state index in [1.54, 1.807) is 0 Å². The first-order chi connectivity index (χ1) is 12.8. The maximum absolute atomic E-state index is 13.9. The first kappa shape index (κ1) is 16.0. The van der Waals surface area contributed by atoms with Gasteiger partial charge >= 0.3 is 5.96 Å². The third-order valence-corrected chi connectivity index (χ3v) is 6.23. The Morgan fingerprint density at radius 3 is 2.65 bits per heavy atom. The van der Waals surface area contributed by atoms with Crippen molar-refractivity contribution in [1.82, 2.24) is 4.65 Å². The summed E-state index contributed by atoms with van der Waals surface area (Å²) in [6, 6.07) is 19.0. The number of para-hydroxylation sites is 2. The molecule has 5 rings (SSSR count). The van der Waals surface area contributed by atoms with Gasteiger partial charge in [0, 0.05) is 18.5 Å². The highest BCUT2D eigenvalue weighted by atomic mass is 16.6. The van der Waals surface area contributed by atoms with Crippen molar-refractivity contribution >= 4 is 17.3 Å². The fraction of sp³-hybridized carbons (Fsp3) is 0.409. The number of hydrogen-bond donors (Lipinski definition) is 0. The summed E-state index contributed by atoms with van der Waals surface area (Å²) in [5, 5.41) is 13.9. The smallest absolute Gasteiger partial charge is 0.310 e. The van der Waals surface area contributed by atoms with Crippen molar-refractivity contribution in [2.24, 2.45) is 10.9 Å². The van der Waals surface area contributed by atoms with E-state index >= 15 is 0 Å². The molecule has 0 spiro atoms. The van der Waals surface area contributed by atoms with Crippen molar-refractivity contribution < 1.29 is 0 Å². The number of fused-ring (bicyclic) bond motifs is 4. The molecule has 3 unspecified atom stereocenters. The van der Waals surface area contributed by atoms with Crippen molar-refractivity contribution in [1.29, 1.82) is 0 Å². The lowest BCUT2D eigenvalue weighted by Crippen LogP contribution is -2.59. The largest absolute Gasteiger partial charge is 0.619 e. The molecule has 0 aromatic heterocycles. The van der Waals surface area contributed by atoms with Crippen molar-refractivity contribution in [2.45, 2.75) is 38.1 Å². The van der Waals surface area contributed by atoms with Gasteiger partial charge in [-0.3, -0.25) is 9.55 Å². The molecule has 1 fully saturated rings. The van der Waals surface area contributed by atoms with Gasteiger partial charge in [-0.2, -0.15) is 0 Å². The quantitative estimate of drug-likeness (QED) is 0.606.